The Morgan fingerprint density at radius 3 is 2.49 bits per heavy atom. The highest BCUT2D eigenvalue weighted by molar-refractivity contribution is 8.18. The molecular formula is C31H27ClFNO6S. The molecule has 0 atom stereocenters. The molecule has 0 fully saturated rings. The summed E-state index contributed by atoms with van der Waals surface area (Å²) in [6.07, 6.45) is 1.58. The van der Waals surface area contributed by atoms with Gasteiger partial charge in [-0.1, -0.05) is 59.8 Å². The Balaban J connectivity index is 1.69. The lowest BCUT2D eigenvalue weighted by atomic mass is 10.1. The minimum atomic E-state index is -0.804. The van der Waals surface area contributed by atoms with Crippen LogP contribution >= 0.6 is 23.4 Å². The van der Waals surface area contributed by atoms with E-state index in [1.807, 2.05) is 0 Å². The summed E-state index contributed by atoms with van der Waals surface area (Å²) in [4.78, 5) is 30.1. The van der Waals surface area contributed by atoms with Crippen LogP contribution in [-0.4, -0.2) is 35.2 Å². The van der Waals surface area contributed by atoms with Crippen LogP contribution in [-0.2, 0) is 16.1 Å². The van der Waals surface area contributed by atoms with E-state index in [4.69, 9.17) is 25.8 Å². The smallest absolute Gasteiger partial charge is 0.344 e. The normalized spacial score (nSPS) is 15.0. The predicted molar refractivity (Wildman–Crippen MR) is 158 cm³/mol. The van der Waals surface area contributed by atoms with Gasteiger partial charge in [0.05, 0.1) is 23.1 Å². The first-order valence-corrected chi connectivity index (χ1v) is 13.9. The number of ether oxygens (including phenoxy) is 3. The molecule has 7 nitrogen and oxygen atoms in total. The third-order valence-corrected chi connectivity index (χ3v) is 7.21. The Hall–Kier alpha value is -4.08. The number of amides is 1. The average molecular weight is 596 g/mol. The molecule has 1 N–H and O–H groups in total. The van der Waals surface area contributed by atoms with Crippen LogP contribution in [0.1, 0.15) is 40.9 Å². The molecule has 41 heavy (non-hydrogen) atoms. The maximum absolute atomic E-state index is 14.1. The third-order valence-electron chi connectivity index (χ3n) is 5.91. The average Bonchev–Trinajstić information content (AvgIpc) is 3.23. The molecule has 0 unspecified atom stereocenters. The van der Waals surface area contributed by atoms with Crippen LogP contribution in [0.4, 0.5) is 4.39 Å². The van der Waals surface area contributed by atoms with Gasteiger partial charge in [-0.3, -0.25) is 4.79 Å². The third kappa shape index (κ3) is 6.99. The number of hydrogen-bond acceptors (Lipinski definition) is 7. The second-order valence-electron chi connectivity index (χ2n) is 8.73. The zero-order chi connectivity index (χ0) is 29.5. The number of carbonyl (C=O) groups excluding carboxylic acids is 2. The van der Waals surface area contributed by atoms with Crippen LogP contribution in [0.5, 0.6) is 11.5 Å². The van der Waals surface area contributed by atoms with E-state index in [-0.39, 0.29) is 45.3 Å². The maximum atomic E-state index is 14.1. The number of benzene rings is 3. The molecule has 1 aliphatic heterocycles. The summed E-state index contributed by atoms with van der Waals surface area (Å²) in [6.45, 7) is 5.52. The highest BCUT2D eigenvalue weighted by Crippen LogP contribution is 2.42. The second kappa shape index (κ2) is 13.5. The lowest BCUT2D eigenvalue weighted by Crippen LogP contribution is -2.14. The monoisotopic (exact) mass is 595 g/mol. The molecule has 0 radical (unpaired) electrons. The highest BCUT2D eigenvalue weighted by atomic mass is 35.5. The zero-order valence-electron chi connectivity index (χ0n) is 22.6. The summed E-state index contributed by atoms with van der Waals surface area (Å²) in [5.74, 6) is -1.60. The molecule has 0 spiro atoms. The van der Waals surface area contributed by atoms with Crippen LogP contribution in [0.2, 0.25) is 5.02 Å². The molecule has 3 aromatic carbocycles. The quantitative estimate of drug-likeness (QED) is 0.256. The highest BCUT2D eigenvalue weighted by Gasteiger charge is 2.34. The van der Waals surface area contributed by atoms with E-state index in [2.05, 4.69) is 4.99 Å². The Morgan fingerprint density at radius 1 is 1.05 bits per heavy atom. The Bertz CT molecular complexity index is 1580. The molecule has 0 saturated carbocycles. The summed E-state index contributed by atoms with van der Waals surface area (Å²) in [5.41, 5.74) is 1.77. The summed E-state index contributed by atoms with van der Waals surface area (Å²) >= 11 is 7.50. The largest absolute Gasteiger partial charge is 0.506 e. The number of rotatable bonds is 9. The van der Waals surface area contributed by atoms with E-state index in [0.29, 0.717) is 29.0 Å². The van der Waals surface area contributed by atoms with Gasteiger partial charge in [-0.25, -0.2) is 14.2 Å². The summed E-state index contributed by atoms with van der Waals surface area (Å²) in [5, 5.41) is 11.2. The maximum Gasteiger partial charge on any atom is 0.344 e. The molecular weight excluding hydrogens is 569 g/mol. The molecule has 1 aliphatic rings. The van der Waals surface area contributed by atoms with Gasteiger partial charge < -0.3 is 19.3 Å². The van der Waals surface area contributed by atoms with E-state index < -0.39 is 17.7 Å². The van der Waals surface area contributed by atoms with Gasteiger partial charge in [0.1, 0.15) is 28.8 Å². The van der Waals surface area contributed by atoms with E-state index >= 15 is 0 Å². The van der Waals surface area contributed by atoms with Crippen molar-refractivity contribution >= 4 is 46.4 Å². The van der Waals surface area contributed by atoms with Gasteiger partial charge in [-0.05, 0) is 62.2 Å². The number of halogens is 2. The topological polar surface area (TPSA) is 94.4 Å². The Morgan fingerprint density at radius 2 is 1.78 bits per heavy atom. The van der Waals surface area contributed by atoms with Crippen molar-refractivity contribution in [3.8, 4) is 11.5 Å². The standard InChI is InChI=1S/C31H27ClFNO6S/c1-4-38-24-15-19(14-22(32)28(24)40-17-20-11-7-9-13-23(20)33)16-25-27(35)26(31(37)39-5-2)30(41-25)34-29(36)21-12-8-6-10-18(21)3/h6-16,35H,4-5,17H2,1-3H3/b25-16-,34-30?. The number of hydrogen-bond donors (Lipinski definition) is 1. The zero-order valence-corrected chi connectivity index (χ0v) is 24.1. The molecule has 3 aromatic rings. The van der Waals surface area contributed by atoms with Crippen molar-refractivity contribution in [2.45, 2.75) is 27.4 Å². The Kier molecular flexibility index (Phi) is 9.86. The minimum Gasteiger partial charge on any atom is -0.506 e. The SMILES string of the molecule is CCOC(=O)C1=C(O)/C(=C/c2cc(Cl)c(OCc3ccccc3F)c(OCC)c2)SC1=NC(=O)c1ccccc1C. The molecule has 0 saturated heterocycles. The lowest BCUT2D eigenvalue weighted by Gasteiger charge is -2.15. The van der Waals surface area contributed by atoms with E-state index in [1.54, 1.807) is 81.4 Å². The van der Waals surface area contributed by atoms with Crippen molar-refractivity contribution in [2.24, 2.45) is 4.99 Å². The first kappa shape index (κ1) is 29.9. The van der Waals surface area contributed by atoms with Gasteiger partial charge >= 0.3 is 5.97 Å². The number of esters is 1. The number of aliphatic imine (C=N–C) groups is 1. The summed E-state index contributed by atoms with van der Waals surface area (Å²) in [7, 11) is 0. The van der Waals surface area contributed by atoms with Crippen LogP contribution in [0, 0.1) is 12.7 Å². The number of carbonyl (C=O) groups is 2. The van der Waals surface area contributed by atoms with E-state index in [0.717, 1.165) is 17.3 Å². The van der Waals surface area contributed by atoms with Crippen molar-refractivity contribution < 1.29 is 33.3 Å². The molecule has 0 aliphatic carbocycles. The van der Waals surface area contributed by atoms with Gasteiger partial charge in [0.2, 0.25) is 0 Å². The summed E-state index contributed by atoms with van der Waals surface area (Å²) < 4.78 is 30.8. The number of nitrogens with zero attached hydrogens (tertiary/aromatic N) is 1. The van der Waals surface area contributed by atoms with E-state index in [9.17, 15) is 19.1 Å². The molecule has 1 heterocycles. The van der Waals surface area contributed by atoms with Crippen molar-refractivity contribution in [3.05, 3.63) is 110 Å². The molecule has 0 bridgehead atoms. The minimum absolute atomic E-state index is 0.0152. The molecule has 10 heteroatoms. The summed E-state index contributed by atoms with van der Waals surface area (Å²) in [6, 6.07) is 16.4. The van der Waals surface area contributed by atoms with Crippen molar-refractivity contribution in [1.29, 1.82) is 0 Å². The fourth-order valence-corrected chi connectivity index (χ4v) is 5.23. The fraction of sp³-hybridized carbons (Fsp3) is 0.194. The van der Waals surface area contributed by atoms with Gasteiger partial charge in [-0.2, -0.15) is 0 Å². The molecule has 0 aromatic heterocycles. The van der Waals surface area contributed by atoms with Gasteiger partial charge in [-0.15, -0.1) is 0 Å². The van der Waals surface area contributed by atoms with Crippen LogP contribution in [0.25, 0.3) is 6.08 Å². The number of thioether (sulfide) groups is 1. The Labute approximate surface area is 246 Å². The van der Waals surface area contributed by atoms with Crippen LogP contribution in [0.15, 0.2) is 81.9 Å². The molecule has 212 valence electrons. The fourth-order valence-electron chi connectivity index (χ4n) is 3.95. The second-order valence-corrected chi connectivity index (χ2v) is 10.2. The van der Waals surface area contributed by atoms with Crippen LogP contribution < -0.4 is 9.47 Å². The molecule has 1 amide bonds. The van der Waals surface area contributed by atoms with Crippen molar-refractivity contribution in [2.75, 3.05) is 13.2 Å². The number of aliphatic hydroxyl groups excluding tert-OH is 1. The van der Waals surface area contributed by atoms with E-state index in [1.165, 1.54) is 6.07 Å². The number of aryl methyl sites for hydroxylation is 1. The van der Waals surface area contributed by atoms with Gasteiger partial charge in [0, 0.05) is 11.1 Å². The van der Waals surface area contributed by atoms with Crippen LogP contribution in [0.3, 0.4) is 0 Å². The molecule has 4 rings (SSSR count). The number of aliphatic hydroxyl groups is 1. The van der Waals surface area contributed by atoms with Crippen molar-refractivity contribution in [1.82, 2.24) is 0 Å². The predicted octanol–water partition coefficient (Wildman–Crippen LogP) is 7.47. The van der Waals surface area contributed by atoms with Crippen molar-refractivity contribution in [3.63, 3.8) is 0 Å². The lowest BCUT2D eigenvalue weighted by molar-refractivity contribution is -0.138. The van der Waals surface area contributed by atoms with Gasteiger partial charge in [0.25, 0.3) is 5.91 Å². The first-order chi connectivity index (χ1) is 19.7. The van der Waals surface area contributed by atoms with Gasteiger partial charge in [0.15, 0.2) is 11.5 Å². The first-order valence-electron chi connectivity index (χ1n) is 12.7.